The minimum atomic E-state index is -4.72. The van der Waals surface area contributed by atoms with Gasteiger partial charge in [0.1, 0.15) is 5.69 Å². The first kappa shape index (κ1) is 28.4. The molecule has 0 atom stereocenters. The van der Waals surface area contributed by atoms with Crippen molar-refractivity contribution in [3.8, 4) is 11.5 Å². The van der Waals surface area contributed by atoms with Gasteiger partial charge in [0.2, 0.25) is 0 Å². The highest BCUT2D eigenvalue weighted by molar-refractivity contribution is 9.10. The van der Waals surface area contributed by atoms with Gasteiger partial charge in [0.05, 0.1) is 27.8 Å². The normalized spacial score (nSPS) is 11.3. The molecule has 3 aromatic carbocycles. The quantitative estimate of drug-likeness (QED) is 0.156. The van der Waals surface area contributed by atoms with Crippen molar-refractivity contribution in [3.63, 3.8) is 0 Å². The maximum Gasteiger partial charge on any atom is 0.416 e. The van der Waals surface area contributed by atoms with E-state index in [-0.39, 0.29) is 30.6 Å². The summed E-state index contributed by atoms with van der Waals surface area (Å²) in [7, 11) is 0. The van der Waals surface area contributed by atoms with E-state index in [2.05, 4.69) is 31.8 Å². The first-order chi connectivity index (χ1) is 18.0. The van der Waals surface area contributed by atoms with Crippen molar-refractivity contribution in [2.75, 3.05) is 24.0 Å². The highest BCUT2D eigenvalue weighted by atomic mass is 79.9. The molecule has 0 aliphatic heterocycles. The SMILES string of the molecule is CCOc1cc(/C=N\Nc2ccc(C(F)(F)F)cc2[N+](=O)[O-])cc(Br)c1OCC(=O)Nc1ccc(C)cc1. The summed E-state index contributed by atoms with van der Waals surface area (Å²) in [6.07, 6.45) is -3.43. The maximum atomic E-state index is 12.9. The average molecular weight is 595 g/mol. The monoisotopic (exact) mass is 594 g/mol. The number of alkyl halides is 3. The van der Waals surface area contributed by atoms with Gasteiger partial charge in [-0.15, -0.1) is 0 Å². The fourth-order valence-corrected chi connectivity index (χ4v) is 3.74. The van der Waals surface area contributed by atoms with Crippen molar-refractivity contribution >= 4 is 45.1 Å². The van der Waals surface area contributed by atoms with Crippen molar-refractivity contribution < 1.29 is 32.4 Å². The van der Waals surface area contributed by atoms with E-state index in [1.54, 1.807) is 31.2 Å². The summed E-state index contributed by atoms with van der Waals surface area (Å²) in [6.45, 7) is 3.69. The average Bonchev–Trinajstić information content (AvgIpc) is 2.84. The molecule has 1 amide bonds. The minimum Gasteiger partial charge on any atom is -0.490 e. The standard InChI is InChI=1S/C25H22BrF3N4O5/c1-3-37-22-11-16(13-30-32-20-9-6-17(25(27,28)29)12-21(20)33(35)36)10-19(26)24(22)38-14-23(34)31-18-7-4-15(2)5-8-18/h4-13,32H,3,14H2,1-2H3,(H,31,34)/b30-13-. The number of benzene rings is 3. The number of amides is 1. The number of anilines is 2. The summed E-state index contributed by atoms with van der Waals surface area (Å²) < 4.78 is 50.4. The van der Waals surface area contributed by atoms with Gasteiger partial charge in [-0.05, 0) is 71.7 Å². The summed E-state index contributed by atoms with van der Waals surface area (Å²) in [6, 6.07) is 12.5. The number of carbonyl (C=O) groups excluding carboxylic acids is 1. The molecule has 3 rings (SSSR count). The number of aryl methyl sites for hydroxylation is 1. The zero-order valence-corrected chi connectivity index (χ0v) is 21.7. The lowest BCUT2D eigenvalue weighted by Crippen LogP contribution is -2.20. The Labute approximate surface area is 223 Å². The number of hydrazone groups is 1. The third kappa shape index (κ3) is 7.68. The molecular weight excluding hydrogens is 573 g/mol. The van der Waals surface area contributed by atoms with E-state index >= 15 is 0 Å². The zero-order chi connectivity index (χ0) is 27.9. The number of hydrogen-bond donors (Lipinski definition) is 2. The van der Waals surface area contributed by atoms with E-state index in [1.807, 2.05) is 19.1 Å². The van der Waals surface area contributed by atoms with Gasteiger partial charge in [0, 0.05) is 11.8 Å². The molecule has 9 nitrogen and oxygen atoms in total. The van der Waals surface area contributed by atoms with E-state index in [1.165, 1.54) is 6.21 Å². The van der Waals surface area contributed by atoms with Crippen molar-refractivity contribution in [3.05, 3.63) is 85.9 Å². The molecule has 0 heterocycles. The third-order valence-corrected chi connectivity index (χ3v) is 5.52. The van der Waals surface area contributed by atoms with Gasteiger partial charge in [0.25, 0.3) is 11.6 Å². The number of nitro groups is 1. The molecule has 0 saturated heterocycles. The van der Waals surface area contributed by atoms with Crippen LogP contribution in [0.3, 0.4) is 0 Å². The van der Waals surface area contributed by atoms with Crippen molar-refractivity contribution in [1.82, 2.24) is 0 Å². The minimum absolute atomic E-state index is 0.220. The lowest BCUT2D eigenvalue weighted by Gasteiger charge is -2.14. The molecule has 0 aromatic heterocycles. The van der Waals surface area contributed by atoms with Crippen LogP contribution < -0.4 is 20.2 Å². The summed E-state index contributed by atoms with van der Waals surface area (Å²) in [5, 5.41) is 17.9. The van der Waals surface area contributed by atoms with E-state index in [9.17, 15) is 28.1 Å². The first-order valence-electron chi connectivity index (χ1n) is 11.1. The van der Waals surface area contributed by atoms with Gasteiger partial charge in [-0.25, -0.2) is 0 Å². The van der Waals surface area contributed by atoms with Gasteiger partial charge in [-0.1, -0.05) is 17.7 Å². The molecule has 0 fully saturated rings. The molecule has 38 heavy (non-hydrogen) atoms. The fraction of sp³-hybridized carbons (Fsp3) is 0.200. The predicted molar refractivity (Wildman–Crippen MR) is 140 cm³/mol. The van der Waals surface area contributed by atoms with Crippen LogP contribution >= 0.6 is 15.9 Å². The molecule has 0 bridgehead atoms. The van der Waals surface area contributed by atoms with Gasteiger partial charge < -0.3 is 14.8 Å². The van der Waals surface area contributed by atoms with Crippen LogP contribution in [0.25, 0.3) is 0 Å². The van der Waals surface area contributed by atoms with Crippen molar-refractivity contribution in [1.29, 1.82) is 0 Å². The first-order valence-corrected chi connectivity index (χ1v) is 11.9. The highest BCUT2D eigenvalue weighted by Gasteiger charge is 2.33. The molecule has 0 aliphatic rings. The van der Waals surface area contributed by atoms with Crippen LogP contribution in [0.5, 0.6) is 11.5 Å². The summed E-state index contributed by atoms with van der Waals surface area (Å²) in [5.74, 6) is 0.192. The number of nitrogens with one attached hydrogen (secondary N) is 2. The molecule has 0 aliphatic carbocycles. The number of hydrogen-bond acceptors (Lipinski definition) is 7. The summed E-state index contributed by atoms with van der Waals surface area (Å²) in [5.41, 5.74) is 2.40. The fourth-order valence-electron chi connectivity index (χ4n) is 3.17. The zero-order valence-electron chi connectivity index (χ0n) is 20.1. The smallest absolute Gasteiger partial charge is 0.416 e. The Morgan fingerprint density at radius 2 is 1.84 bits per heavy atom. The molecule has 2 N–H and O–H groups in total. The predicted octanol–water partition coefficient (Wildman–Crippen LogP) is 6.55. The van der Waals surface area contributed by atoms with Crippen LogP contribution in [0, 0.1) is 17.0 Å². The number of carbonyl (C=O) groups is 1. The summed E-state index contributed by atoms with van der Waals surface area (Å²) >= 11 is 3.37. The molecule has 13 heteroatoms. The Balaban J connectivity index is 1.73. The number of nitrogens with zero attached hydrogens (tertiary/aromatic N) is 2. The van der Waals surface area contributed by atoms with Crippen LogP contribution in [-0.4, -0.2) is 30.3 Å². The van der Waals surface area contributed by atoms with Gasteiger partial charge in [-0.3, -0.25) is 20.3 Å². The van der Waals surface area contributed by atoms with Gasteiger partial charge in [0.15, 0.2) is 18.1 Å². The number of nitro benzene ring substituents is 1. The maximum absolute atomic E-state index is 12.9. The highest BCUT2D eigenvalue weighted by Crippen LogP contribution is 2.37. The van der Waals surface area contributed by atoms with Crippen LogP contribution in [0.4, 0.5) is 30.2 Å². The van der Waals surface area contributed by atoms with Crippen LogP contribution in [0.15, 0.2) is 64.2 Å². The molecule has 0 unspecified atom stereocenters. The third-order valence-electron chi connectivity index (χ3n) is 4.94. The van der Waals surface area contributed by atoms with Crippen LogP contribution in [0.2, 0.25) is 0 Å². The Hall–Kier alpha value is -4.13. The molecule has 0 radical (unpaired) electrons. The Morgan fingerprint density at radius 3 is 2.47 bits per heavy atom. The summed E-state index contributed by atoms with van der Waals surface area (Å²) in [4.78, 5) is 22.6. The largest absolute Gasteiger partial charge is 0.490 e. The number of rotatable bonds is 10. The van der Waals surface area contributed by atoms with E-state index < -0.39 is 22.4 Å². The van der Waals surface area contributed by atoms with E-state index in [0.29, 0.717) is 27.5 Å². The Morgan fingerprint density at radius 1 is 1.13 bits per heavy atom. The Kier molecular flexibility index (Phi) is 9.29. The van der Waals surface area contributed by atoms with Gasteiger partial charge >= 0.3 is 6.18 Å². The second kappa shape index (κ2) is 12.4. The molecular formula is C25H22BrF3N4O5. The molecule has 0 spiro atoms. The van der Waals surface area contributed by atoms with Gasteiger partial charge in [-0.2, -0.15) is 18.3 Å². The lowest BCUT2D eigenvalue weighted by molar-refractivity contribution is -0.384. The number of halogens is 4. The Bertz CT molecular complexity index is 1350. The number of ether oxygens (including phenoxy) is 2. The molecule has 3 aromatic rings. The molecule has 200 valence electrons. The van der Waals surface area contributed by atoms with Crippen LogP contribution in [0.1, 0.15) is 23.6 Å². The lowest BCUT2D eigenvalue weighted by atomic mass is 10.1. The van der Waals surface area contributed by atoms with Crippen molar-refractivity contribution in [2.24, 2.45) is 5.10 Å². The van der Waals surface area contributed by atoms with Crippen LogP contribution in [-0.2, 0) is 11.0 Å². The van der Waals surface area contributed by atoms with Crippen molar-refractivity contribution in [2.45, 2.75) is 20.0 Å². The van der Waals surface area contributed by atoms with E-state index in [4.69, 9.17) is 9.47 Å². The van der Waals surface area contributed by atoms with E-state index in [0.717, 1.165) is 17.7 Å². The second-order valence-electron chi connectivity index (χ2n) is 7.82. The molecule has 0 saturated carbocycles. The second-order valence-corrected chi connectivity index (χ2v) is 8.68. The topological polar surface area (TPSA) is 115 Å².